The molecule has 1 rings (SSSR count). The van der Waals surface area contributed by atoms with E-state index in [-0.39, 0.29) is 22.8 Å². The third-order valence-corrected chi connectivity index (χ3v) is 1.72. The van der Waals surface area contributed by atoms with E-state index < -0.39 is 13.0 Å². The standard InChI is InChI=1S/C10H10F2O3/c1-6(13)8-3-2-7(4-9(8)14)15-5-10(11)12/h2-4,10,14H,5H2,1H3. The Morgan fingerprint density at radius 1 is 1.53 bits per heavy atom. The van der Waals surface area contributed by atoms with E-state index in [1.807, 2.05) is 0 Å². The zero-order valence-electron chi connectivity index (χ0n) is 8.04. The van der Waals surface area contributed by atoms with Crippen LogP contribution in [0.25, 0.3) is 0 Å². The van der Waals surface area contributed by atoms with Crippen LogP contribution in [-0.4, -0.2) is 23.9 Å². The molecule has 0 unspecified atom stereocenters. The van der Waals surface area contributed by atoms with Gasteiger partial charge in [-0.1, -0.05) is 0 Å². The van der Waals surface area contributed by atoms with Crippen LogP contribution < -0.4 is 4.74 Å². The van der Waals surface area contributed by atoms with Crippen molar-refractivity contribution in [2.24, 2.45) is 0 Å². The van der Waals surface area contributed by atoms with E-state index in [0.29, 0.717) is 0 Å². The van der Waals surface area contributed by atoms with Crippen molar-refractivity contribution in [3.05, 3.63) is 23.8 Å². The van der Waals surface area contributed by atoms with Crippen molar-refractivity contribution < 1.29 is 23.4 Å². The minimum Gasteiger partial charge on any atom is -0.507 e. The summed E-state index contributed by atoms with van der Waals surface area (Å²) >= 11 is 0. The summed E-state index contributed by atoms with van der Waals surface area (Å²) in [6.07, 6.45) is -2.57. The maximum atomic E-state index is 11.8. The van der Waals surface area contributed by atoms with Gasteiger partial charge in [0.1, 0.15) is 18.1 Å². The molecule has 0 atom stereocenters. The molecule has 0 bridgehead atoms. The molecule has 0 spiro atoms. The minimum atomic E-state index is -2.57. The Morgan fingerprint density at radius 2 is 2.20 bits per heavy atom. The zero-order chi connectivity index (χ0) is 11.4. The topological polar surface area (TPSA) is 46.5 Å². The number of rotatable bonds is 4. The number of hydrogen-bond acceptors (Lipinski definition) is 3. The van der Waals surface area contributed by atoms with Crippen molar-refractivity contribution in [3.63, 3.8) is 0 Å². The molecule has 0 fully saturated rings. The largest absolute Gasteiger partial charge is 0.507 e. The van der Waals surface area contributed by atoms with Crippen LogP contribution in [0.3, 0.4) is 0 Å². The Kier molecular flexibility index (Phi) is 3.60. The van der Waals surface area contributed by atoms with E-state index in [1.165, 1.54) is 19.1 Å². The predicted molar refractivity (Wildman–Crippen MR) is 49.6 cm³/mol. The van der Waals surface area contributed by atoms with Crippen molar-refractivity contribution in [1.82, 2.24) is 0 Å². The second-order valence-corrected chi connectivity index (χ2v) is 2.94. The van der Waals surface area contributed by atoms with E-state index >= 15 is 0 Å². The fraction of sp³-hybridized carbons (Fsp3) is 0.300. The van der Waals surface area contributed by atoms with Crippen molar-refractivity contribution in [2.45, 2.75) is 13.3 Å². The molecule has 0 aliphatic heterocycles. The lowest BCUT2D eigenvalue weighted by atomic mass is 10.1. The Balaban J connectivity index is 2.78. The van der Waals surface area contributed by atoms with Gasteiger partial charge in [-0.2, -0.15) is 0 Å². The van der Waals surface area contributed by atoms with Gasteiger partial charge in [0.05, 0.1) is 5.56 Å². The summed E-state index contributed by atoms with van der Waals surface area (Å²) in [6, 6.07) is 3.83. The third-order valence-electron chi connectivity index (χ3n) is 1.72. The van der Waals surface area contributed by atoms with E-state index in [9.17, 15) is 18.7 Å². The first-order chi connectivity index (χ1) is 7.00. The van der Waals surface area contributed by atoms with Gasteiger partial charge < -0.3 is 9.84 Å². The van der Waals surface area contributed by atoms with Crippen LogP contribution in [0.5, 0.6) is 11.5 Å². The number of phenols is 1. The fourth-order valence-electron chi connectivity index (χ4n) is 1.06. The maximum absolute atomic E-state index is 11.8. The number of carbonyl (C=O) groups excluding carboxylic acids is 1. The van der Waals surface area contributed by atoms with Crippen molar-refractivity contribution in [3.8, 4) is 11.5 Å². The Hall–Kier alpha value is -1.65. The number of hydrogen-bond donors (Lipinski definition) is 1. The van der Waals surface area contributed by atoms with Crippen LogP contribution in [0.15, 0.2) is 18.2 Å². The van der Waals surface area contributed by atoms with Crippen LogP contribution in [0.1, 0.15) is 17.3 Å². The number of Topliss-reactive ketones (excluding diaryl/α,β-unsaturated/α-hetero) is 1. The maximum Gasteiger partial charge on any atom is 0.272 e. The lowest BCUT2D eigenvalue weighted by Gasteiger charge is -2.07. The number of carbonyl (C=O) groups is 1. The van der Waals surface area contributed by atoms with Gasteiger partial charge in [0.2, 0.25) is 0 Å². The lowest BCUT2D eigenvalue weighted by molar-refractivity contribution is 0.0817. The van der Waals surface area contributed by atoms with Crippen LogP contribution >= 0.6 is 0 Å². The molecular weight excluding hydrogens is 206 g/mol. The third kappa shape index (κ3) is 3.19. The Morgan fingerprint density at radius 3 is 2.67 bits per heavy atom. The summed E-state index contributed by atoms with van der Waals surface area (Å²) in [7, 11) is 0. The first kappa shape index (κ1) is 11.4. The monoisotopic (exact) mass is 216 g/mol. The Bertz CT molecular complexity index is 364. The average Bonchev–Trinajstić information content (AvgIpc) is 2.14. The zero-order valence-corrected chi connectivity index (χ0v) is 8.04. The summed E-state index contributed by atoms with van der Waals surface area (Å²) in [5.74, 6) is -0.458. The summed E-state index contributed by atoms with van der Waals surface area (Å²) in [4.78, 5) is 10.9. The molecular formula is C10H10F2O3. The molecule has 1 N–H and O–H groups in total. The summed E-state index contributed by atoms with van der Waals surface area (Å²) in [6.45, 7) is 0.563. The summed E-state index contributed by atoms with van der Waals surface area (Å²) in [5, 5.41) is 9.34. The number of halogens is 2. The number of aromatic hydroxyl groups is 1. The number of ether oxygens (including phenoxy) is 1. The fourth-order valence-corrected chi connectivity index (χ4v) is 1.06. The number of alkyl halides is 2. The molecule has 0 aliphatic carbocycles. The molecule has 3 nitrogen and oxygen atoms in total. The number of ketones is 1. The molecule has 0 saturated carbocycles. The first-order valence-corrected chi connectivity index (χ1v) is 4.25. The smallest absolute Gasteiger partial charge is 0.272 e. The molecule has 0 radical (unpaired) electrons. The van der Waals surface area contributed by atoms with E-state index in [1.54, 1.807) is 0 Å². The predicted octanol–water partition coefficient (Wildman–Crippen LogP) is 2.24. The van der Waals surface area contributed by atoms with Gasteiger partial charge in [0.15, 0.2) is 5.78 Å². The molecule has 5 heteroatoms. The van der Waals surface area contributed by atoms with Crippen molar-refractivity contribution in [1.29, 1.82) is 0 Å². The van der Waals surface area contributed by atoms with E-state index in [4.69, 9.17) is 0 Å². The highest BCUT2D eigenvalue weighted by atomic mass is 19.3. The van der Waals surface area contributed by atoms with Crippen molar-refractivity contribution in [2.75, 3.05) is 6.61 Å². The highest BCUT2D eigenvalue weighted by Gasteiger charge is 2.09. The number of benzene rings is 1. The van der Waals surface area contributed by atoms with Gasteiger partial charge in [-0.25, -0.2) is 8.78 Å². The highest BCUT2D eigenvalue weighted by Crippen LogP contribution is 2.24. The number of phenolic OH excluding ortho intramolecular Hbond substituents is 1. The van der Waals surface area contributed by atoms with Crippen LogP contribution in [0.2, 0.25) is 0 Å². The molecule has 0 aliphatic rings. The summed E-state index contributed by atoms with van der Waals surface area (Å²) in [5.41, 5.74) is 0.138. The average molecular weight is 216 g/mol. The lowest BCUT2D eigenvalue weighted by Crippen LogP contribution is -2.07. The van der Waals surface area contributed by atoms with Gasteiger partial charge in [0.25, 0.3) is 6.43 Å². The van der Waals surface area contributed by atoms with Gasteiger partial charge in [-0.3, -0.25) is 4.79 Å². The van der Waals surface area contributed by atoms with E-state index in [0.717, 1.165) is 6.07 Å². The molecule has 0 aromatic heterocycles. The van der Waals surface area contributed by atoms with E-state index in [2.05, 4.69) is 4.74 Å². The molecule has 0 amide bonds. The molecule has 1 aromatic carbocycles. The second-order valence-electron chi connectivity index (χ2n) is 2.94. The normalized spacial score (nSPS) is 10.4. The van der Waals surface area contributed by atoms with Crippen LogP contribution in [0, 0.1) is 0 Å². The minimum absolute atomic E-state index is 0.109. The molecule has 82 valence electrons. The highest BCUT2D eigenvalue weighted by molar-refractivity contribution is 5.96. The SMILES string of the molecule is CC(=O)c1ccc(OCC(F)F)cc1O. The van der Waals surface area contributed by atoms with Gasteiger partial charge in [-0.05, 0) is 19.1 Å². The van der Waals surface area contributed by atoms with Crippen molar-refractivity contribution >= 4 is 5.78 Å². The first-order valence-electron chi connectivity index (χ1n) is 4.25. The second kappa shape index (κ2) is 4.72. The summed E-state index contributed by atoms with van der Waals surface area (Å²) < 4.78 is 28.2. The van der Waals surface area contributed by atoms with Crippen LogP contribution in [0.4, 0.5) is 8.78 Å². The Labute approximate surface area is 85.3 Å². The quantitative estimate of drug-likeness (QED) is 0.785. The van der Waals surface area contributed by atoms with Gasteiger partial charge >= 0.3 is 0 Å². The molecule has 1 aromatic rings. The van der Waals surface area contributed by atoms with Gasteiger partial charge in [0, 0.05) is 6.07 Å². The molecule has 0 heterocycles. The molecule has 15 heavy (non-hydrogen) atoms. The van der Waals surface area contributed by atoms with Crippen LogP contribution in [-0.2, 0) is 0 Å². The molecule has 0 saturated heterocycles. The van der Waals surface area contributed by atoms with Gasteiger partial charge in [-0.15, -0.1) is 0 Å².